The van der Waals surface area contributed by atoms with E-state index in [4.69, 9.17) is 27.9 Å². The smallest absolute Gasteiger partial charge is 0.454 e. The average molecular weight is 526 g/mol. The highest BCUT2D eigenvalue weighted by molar-refractivity contribution is 7.92. The van der Waals surface area contributed by atoms with Crippen LogP contribution in [0.5, 0.6) is 11.5 Å². The molecule has 0 fully saturated rings. The van der Waals surface area contributed by atoms with E-state index in [2.05, 4.69) is 0 Å². The highest BCUT2D eigenvalue weighted by Gasteiger charge is 2.47. The summed E-state index contributed by atoms with van der Waals surface area (Å²) in [4.78, 5) is 36.9. The zero-order valence-corrected chi connectivity index (χ0v) is 18.9. The number of halogens is 5. The standard InChI is InChI=1S/C18H12Cl2F3N3O6S/c1-8-5-10(3-4-13(8)33(30,31)18(21,22)23)32-14-11(19)6-9(7-12(14)20)26-16(28)24-15(27)25(2)17(26)29/h3-7H,1-2H3,(H,24,27,28). The summed E-state index contributed by atoms with van der Waals surface area (Å²) in [5.41, 5.74) is -8.74. The summed E-state index contributed by atoms with van der Waals surface area (Å²) in [6.07, 6.45) is 0. The molecule has 3 aromatic rings. The van der Waals surface area contributed by atoms with Gasteiger partial charge in [-0.2, -0.15) is 13.2 Å². The quantitative estimate of drug-likeness (QED) is 0.559. The summed E-state index contributed by atoms with van der Waals surface area (Å²) in [7, 11) is -4.42. The largest absolute Gasteiger partial charge is 0.501 e. The van der Waals surface area contributed by atoms with E-state index in [1.807, 2.05) is 4.98 Å². The summed E-state index contributed by atoms with van der Waals surface area (Å²) < 4.78 is 68.5. The molecular weight excluding hydrogens is 514 g/mol. The molecule has 0 amide bonds. The third-order valence-corrected chi connectivity index (χ3v) is 6.61. The molecule has 0 atom stereocenters. The molecule has 33 heavy (non-hydrogen) atoms. The van der Waals surface area contributed by atoms with E-state index in [0.29, 0.717) is 9.13 Å². The van der Waals surface area contributed by atoms with Crippen LogP contribution in [0.1, 0.15) is 5.56 Å². The Kier molecular flexibility index (Phi) is 6.26. The van der Waals surface area contributed by atoms with Crippen molar-refractivity contribution in [2.45, 2.75) is 17.3 Å². The number of aromatic nitrogens is 3. The van der Waals surface area contributed by atoms with Gasteiger partial charge in [-0.25, -0.2) is 31.9 Å². The third kappa shape index (κ3) is 4.43. The van der Waals surface area contributed by atoms with Gasteiger partial charge in [-0.15, -0.1) is 0 Å². The number of hydrogen-bond acceptors (Lipinski definition) is 6. The van der Waals surface area contributed by atoms with Gasteiger partial charge in [0.1, 0.15) is 5.75 Å². The van der Waals surface area contributed by atoms with Crippen LogP contribution in [-0.4, -0.2) is 28.0 Å². The number of nitrogens with zero attached hydrogens (tertiary/aromatic N) is 2. The van der Waals surface area contributed by atoms with E-state index in [0.717, 1.165) is 44.3 Å². The van der Waals surface area contributed by atoms with Crippen molar-refractivity contribution < 1.29 is 26.3 Å². The van der Waals surface area contributed by atoms with Gasteiger partial charge in [-0.3, -0.25) is 4.98 Å². The maximum Gasteiger partial charge on any atom is 0.501 e. The number of ether oxygens (including phenoxy) is 1. The molecule has 0 saturated heterocycles. The van der Waals surface area contributed by atoms with Crippen molar-refractivity contribution in [3.63, 3.8) is 0 Å². The summed E-state index contributed by atoms with van der Waals surface area (Å²) >= 11 is 12.3. The second kappa shape index (κ2) is 8.39. The molecule has 0 aliphatic carbocycles. The molecule has 1 heterocycles. The first-order chi connectivity index (χ1) is 15.1. The molecule has 0 spiro atoms. The van der Waals surface area contributed by atoms with E-state index < -0.39 is 37.3 Å². The normalized spacial score (nSPS) is 12.1. The first kappa shape index (κ1) is 24.6. The number of aromatic amines is 1. The first-order valence-electron chi connectivity index (χ1n) is 8.67. The lowest BCUT2D eigenvalue weighted by atomic mass is 10.2. The van der Waals surface area contributed by atoms with Crippen molar-refractivity contribution >= 4 is 33.0 Å². The van der Waals surface area contributed by atoms with Crippen molar-refractivity contribution in [3.05, 3.63) is 77.4 Å². The third-order valence-electron chi connectivity index (χ3n) is 4.40. The van der Waals surface area contributed by atoms with Crippen molar-refractivity contribution in [2.75, 3.05) is 0 Å². The van der Waals surface area contributed by atoms with Crippen LogP contribution in [0.15, 0.2) is 49.6 Å². The maximum atomic E-state index is 12.8. The maximum absolute atomic E-state index is 12.8. The number of alkyl halides is 3. The molecule has 0 bridgehead atoms. The van der Waals surface area contributed by atoms with Gasteiger partial charge in [0, 0.05) is 7.05 Å². The molecule has 0 aliphatic heterocycles. The minimum atomic E-state index is -5.56. The molecular formula is C18H12Cl2F3N3O6S. The van der Waals surface area contributed by atoms with E-state index in [1.54, 1.807) is 0 Å². The highest BCUT2D eigenvalue weighted by atomic mass is 35.5. The van der Waals surface area contributed by atoms with Gasteiger partial charge in [0.2, 0.25) is 0 Å². The van der Waals surface area contributed by atoms with Crippen molar-refractivity contribution in [1.29, 1.82) is 0 Å². The Labute approximate surface area is 192 Å². The van der Waals surface area contributed by atoms with Gasteiger partial charge in [-0.05, 0) is 42.8 Å². The van der Waals surface area contributed by atoms with Crippen LogP contribution in [0.2, 0.25) is 10.0 Å². The lowest BCUT2D eigenvalue weighted by Crippen LogP contribution is -2.47. The van der Waals surface area contributed by atoms with Gasteiger partial charge in [0.25, 0.3) is 9.84 Å². The predicted octanol–water partition coefficient (Wildman–Crippen LogP) is 2.93. The Balaban J connectivity index is 2.04. The monoisotopic (exact) mass is 525 g/mol. The van der Waals surface area contributed by atoms with E-state index in [1.165, 1.54) is 0 Å². The van der Waals surface area contributed by atoms with Crippen LogP contribution in [0.3, 0.4) is 0 Å². The number of aryl methyl sites for hydroxylation is 1. The fraction of sp³-hybridized carbons (Fsp3) is 0.167. The van der Waals surface area contributed by atoms with Crippen molar-refractivity contribution in [1.82, 2.24) is 14.1 Å². The topological polar surface area (TPSA) is 120 Å². The Hall–Kier alpha value is -3.03. The molecule has 0 aliphatic rings. The van der Waals surface area contributed by atoms with Crippen LogP contribution in [-0.2, 0) is 16.9 Å². The molecule has 0 unspecified atom stereocenters. The number of benzene rings is 2. The molecule has 0 radical (unpaired) electrons. The predicted molar refractivity (Wildman–Crippen MR) is 112 cm³/mol. The van der Waals surface area contributed by atoms with Crippen LogP contribution < -0.4 is 21.8 Å². The van der Waals surface area contributed by atoms with E-state index >= 15 is 0 Å². The molecule has 1 aromatic heterocycles. The van der Waals surface area contributed by atoms with Gasteiger partial charge in [0.05, 0.1) is 20.6 Å². The zero-order chi connectivity index (χ0) is 24.9. The molecule has 15 heteroatoms. The summed E-state index contributed by atoms with van der Waals surface area (Å²) in [5, 5.41) is -0.385. The van der Waals surface area contributed by atoms with E-state index in [9.17, 15) is 36.0 Å². The number of hydrogen-bond donors (Lipinski definition) is 1. The fourth-order valence-electron chi connectivity index (χ4n) is 2.79. The second-order valence-corrected chi connectivity index (χ2v) is 9.35. The lowest BCUT2D eigenvalue weighted by molar-refractivity contribution is -0.0436. The van der Waals surface area contributed by atoms with Gasteiger partial charge < -0.3 is 4.74 Å². The molecule has 0 saturated carbocycles. The number of H-pyrrole nitrogens is 1. The molecule has 3 rings (SSSR count). The fourth-order valence-corrected chi connectivity index (χ4v) is 4.32. The Morgan fingerprint density at radius 2 is 1.58 bits per heavy atom. The summed E-state index contributed by atoms with van der Waals surface area (Å²) in [6, 6.07) is 5.03. The Morgan fingerprint density at radius 3 is 2.09 bits per heavy atom. The summed E-state index contributed by atoms with van der Waals surface area (Å²) in [6.45, 7) is 1.15. The first-order valence-corrected chi connectivity index (χ1v) is 10.9. The highest BCUT2D eigenvalue weighted by Crippen LogP contribution is 2.39. The van der Waals surface area contributed by atoms with Crippen molar-refractivity contribution in [3.8, 4) is 17.2 Å². The molecule has 1 N–H and O–H groups in total. The lowest BCUT2D eigenvalue weighted by Gasteiger charge is -2.15. The van der Waals surface area contributed by atoms with Gasteiger partial charge in [0.15, 0.2) is 5.75 Å². The van der Waals surface area contributed by atoms with Crippen molar-refractivity contribution in [2.24, 2.45) is 7.05 Å². The van der Waals surface area contributed by atoms with E-state index in [-0.39, 0.29) is 32.8 Å². The minimum absolute atomic E-state index is 0.0812. The SMILES string of the molecule is Cc1cc(Oc2c(Cl)cc(-n3c(=O)[nH]c(=O)n(C)c3=O)cc2Cl)ccc1S(=O)(=O)C(F)(F)F. The Bertz CT molecular complexity index is 1540. The van der Waals surface area contributed by atoms with Crippen LogP contribution >= 0.6 is 23.2 Å². The number of nitrogens with one attached hydrogen (secondary N) is 1. The average Bonchev–Trinajstić information content (AvgIpc) is 2.68. The Morgan fingerprint density at radius 1 is 1.00 bits per heavy atom. The summed E-state index contributed by atoms with van der Waals surface area (Å²) in [5.74, 6) is -0.260. The van der Waals surface area contributed by atoms with Crippen LogP contribution in [0.4, 0.5) is 13.2 Å². The molecule has 9 nitrogen and oxygen atoms in total. The van der Waals surface area contributed by atoms with Gasteiger partial charge >= 0.3 is 22.6 Å². The minimum Gasteiger partial charge on any atom is -0.454 e. The molecule has 2 aromatic carbocycles. The molecule has 176 valence electrons. The zero-order valence-electron chi connectivity index (χ0n) is 16.5. The van der Waals surface area contributed by atoms with Crippen LogP contribution in [0.25, 0.3) is 5.69 Å². The number of rotatable bonds is 4. The second-order valence-electron chi connectivity index (χ2n) is 6.63. The number of sulfone groups is 1. The van der Waals surface area contributed by atoms with Crippen LogP contribution in [0, 0.1) is 6.92 Å². The van der Waals surface area contributed by atoms with Gasteiger partial charge in [-0.1, -0.05) is 23.2 Å².